The number of anilines is 1. The van der Waals surface area contributed by atoms with Crippen LogP contribution in [0.3, 0.4) is 0 Å². The maximum atomic E-state index is 11.7. The van der Waals surface area contributed by atoms with E-state index in [4.69, 9.17) is 0 Å². The van der Waals surface area contributed by atoms with Crippen molar-refractivity contribution < 1.29 is 9.59 Å². The summed E-state index contributed by atoms with van der Waals surface area (Å²) in [7, 11) is 1.80. The van der Waals surface area contributed by atoms with Crippen molar-refractivity contribution in [3.63, 3.8) is 0 Å². The molecule has 0 radical (unpaired) electrons. The zero-order valence-corrected chi connectivity index (χ0v) is 11.1. The van der Waals surface area contributed by atoms with Gasteiger partial charge in [-0.3, -0.25) is 19.8 Å². The molecule has 2 heterocycles. The fourth-order valence-corrected chi connectivity index (χ4v) is 2.55. The van der Waals surface area contributed by atoms with Crippen molar-refractivity contribution >= 4 is 28.3 Å². The van der Waals surface area contributed by atoms with Crippen molar-refractivity contribution in [3.8, 4) is 0 Å². The molecule has 0 spiro atoms. The lowest BCUT2D eigenvalue weighted by Crippen LogP contribution is -2.57. The summed E-state index contributed by atoms with van der Waals surface area (Å²) >= 11 is 1.26. The third kappa shape index (κ3) is 2.49. The largest absolute Gasteiger partial charge is 0.377 e. The predicted octanol–water partition coefficient (Wildman–Crippen LogP) is -0.183. The minimum Gasteiger partial charge on any atom is -0.377 e. The van der Waals surface area contributed by atoms with Crippen LogP contribution < -0.4 is 10.6 Å². The minimum atomic E-state index is -0.283. The summed E-state index contributed by atoms with van der Waals surface area (Å²) in [5.74, 6) is -0.498. The number of carbonyl (C=O) groups is 2. The van der Waals surface area contributed by atoms with Gasteiger partial charge in [0.1, 0.15) is 10.7 Å². The van der Waals surface area contributed by atoms with Gasteiger partial charge in [0.2, 0.25) is 11.8 Å². The minimum absolute atomic E-state index is 0.213. The van der Waals surface area contributed by atoms with Crippen LogP contribution in [0, 0.1) is 0 Å². The van der Waals surface area contributed by atoms with Gasteiger partial charge in [0, 0.05) is 25.1 Å². The van der Waals surface area contributed by atoms with Gasteiger partial charge in [-0.15, -0.1) is 5.10 Å². The highest BCUT2D eigenvalue weighted by atomic mass is 32.1. The Bertz CT molecular complexity index is 461. The summed E-state index contributed by atoms with van der Waals surface area (Å²) in [5.41, 5.74) is 0.767. The normalized spacial score (nSPS) is 20.9. The molecule has 1 aliphatic rings. The van der Waals surface area contributed by atoms with Crippen LogP contribution in [0.2, 0.25) is 0 Å². The van der Waals surface area contributed by atoms with Gasteiger partial charge in [-0.1, -0.05) is 11.4 Å². The molecule has 98 valence electrons. The second kappa shape index (κ2) is 5.40. The molecule has 1 unspecified atom stereocenters. The van der Waals surface area contributed by atoms with E-state index >= 15 is 0 Å². The molecular formula is C10H15N5O2S. The summed E-state index contributed by atoms with van der Waals surface area (Å²) in [6, 6.07) is -0.283. The molecule has 1 saturated heterocycles. The molecule has 1 aliphatic heterocycles. The first-order valence-electron chi connectivity index (χ1n) is 5.72. The molecule has 1 fully saturated rings. The maximum Gasteiger partial charge on any atom is 0.243 e. The van der Waals surface area contributed by atoms with Crippen LogP contribution in [0.5, 0.6) is 0 Å². The molecule has 18 heavy (non-hydrogen) atoms. The molecular weight excluding hydrogens is 254 g/mol. The highest BCUT2D eigenvalue weighted by molar-refractivity contribution is 7.10. The van der Waals surface area contributed by atoms with Gasteiger partial charge in [0.15, 0.2) is 0 Å². The molecule has 1 atom stereocenters. The van der Waals surface area contributed by atoms with Crippen LogP contribution in [-0.4, -0.2) is 45.9 Å². The monoisotopic (exact) mass is 269 g/mol. The van der Waals surface area contributed by atoms with Gasteiger partial charge in [-0.05, 0) is 6.42 Å². The predicted molar refractivity (Wildman–Crippen MR) is 67.1 cm³/mol. The van der Waals surface area contributed by atoms with E-state index in [9.17, 15) is 9.59 Å². The van der Waals surface area contributed by atoms with Crippen LogP contribution >= 0.6 is 11.5 Å². The van der Waals surface area contributed by atoms with E-state index in [1.165, 1.54) is 11.5 Å². The van der Waals surface area contributed by atoms with Gasteiger partial charge in [0.05, 0.1) is 12.6 Å². The van der Waals surface area contributed by atoms with Crippen LogP contribution in [-0.2, 0) is 16.1 Å². The van der Waals surface area contributed by atoms with Gasteiger partial charge < -0.3 is 5.32 Å². The van der Waals surface area contributed by atoms with E-state index in [1.54, 1.807) is 7.05 Å². The number of carbonyl (C=O) groups excluding carboxylic acids is 2. The molecule has 7 nitrogen and oxygen atoms in total. The highest BCUT2D eigenvalue weighted by Gasteiger charge is 2.33. The third-order valence-electron chi connectivity index (χ3n) is 2.88. The Kier molecular flexibility index (Phi) is 3.87. The summed E-state index contributed by atoms with van der Waals surface area (Å²) in [4.78, 5) is 24.9. The summed E-state index contributed by atoms with van der Waals surface area (Å²) in [6.45, 7) is 2.58. The van der Waals surface area contributed by atoms with Gasteiger partial charge in [-0.2, -0.15) is 0 Å². The average Bonchev–Trinajstić information content (AvgIpc) is 2.76. The number of aromatic nitrogens is 2. The van der Waals surface area contributed by atoms with E-state index in [0.29, 0.717) is 13.0 Å². The highest BCUT2D eigenvalue weighted by Crippen LogP contribution is 2.21. The van der Waals surface area contributed by atoms with Gasteiger partial charge >= 0.3 is 0 Å². The Hall–Kier alpha value is -1.54. The first-order valence-corrected chi connectivity index (χ1v) is 6.49. The van der Waals surface area contributed by atoms with Crippen LogP contribution in [0.15, 0.2) is 0 Å². The van der Waals surface area contributed by atoms with Crippen molar-refractivity contribution in [3.05, 3.63) is 5.69 Å². The lowest BCUT2D eigenvalue weighted by molar-refractivity contribution is -0.140. The smallest absolute Gasteiger partial charge is 0.243 e. The molecule has 8 heteroatoms. The molecule has 1 aromatic heterocycles. The fourth-order valence-electron chi connectivity index (χ4n) is 2.02. The van der Waals surface area contributed by atoms with Crippen LogP contribution in [0.1, 0.15) is 19.0 Å². The van der Waals surface area contributed by atoms with E-state index in [2.05, 4.69) is 20.2 Å². The Morgan fingerprint density at radius 1 is 1.56 bits per heavy atom. The maximum absolute atomic E-state index is 11.7. The van der Waals surface area contributed by atoms with Crippen LogP contribution in [0.25, 0.3) is 0 Å². The van der Waals surface area contributed by atoms with Crippen molar-refractivity contribution in [2.45, 2.75) is 25.9 Å². The number of amides is 2. The van der Waals surface area contributed by atoms with Crippen molar-refractivity contribution in [1.29, 1.82) is 0 Å². The lowest BCUT2D eigenvalue weighted by atomic mass is 10.1. The third-order valence-corrected chi connectivity index (χ3v) is 3.66. The topological polar surface area (TPSA) is 87.2 Å². The second-order valence-corrected chi connectivity index (χ2v) is 4.79. The number of hydrogen-bond donors (Lipinski definition) is 2. The summed E-state index contributed by atoms with van der Waals surface area (Å²) in [5, 5.41) is 10.2. The molecule has 0 saturated carbocycles. The Morgan fingerprint density at radius 3 is 3.00 bits per heavy atom. The first-order chi connectivity index (χ1) is 8.65. The summed E-state index contributed by atoms with van der Waals surface area (Å²) in [6.07, 6.45) is 0.658. The zero-order chi connectivity index (χ0) is 13.1. The number of hydrogen-bond acceptors (Lipinski definition) is 7. The van der Waals surface area contributed by atoms with Crippen LogP contribution in [0.4, 0.5) is 5.00 Å². The molecule has 1 aromatic rings. The van der Waals surface area contributed by atoms with Gasteiger partial charge in [-0.25, -0.2) is 0 Å². The molecule has 0 aliphatic carbocycles. The standard InChI is InChI=1S/C10H15N5O2S/c1-3-7-9(17)12-8(16)5-15(7)4-6-10(11-2)18-14-13-6/h7,11H,3-5H2,1-2H3,(H,12,16,17). The summed E-state index contributed by atoms with van der Waals surface area (Å²) < 4.78 is 3.86. The quantitative estimate of drug-likeness (QED) is 0.737. The number of piperazine rings is 1. The number of nitrogens with zero attached hydrogens (tertiary/aromatic N) is 3. The molecule has 2 rings (SSSR count). The average molecular weight is 269 g/mol. The van der Waals surface area contributed by atoms with E-state index < -0.39 is 0 Å². The molecule has 2 amide bonds. The Balaban J connectivity index is 2.15. The van der Waals surface area contributed by atoms with E-state index in [-0.39, 0.29) is 24.4 Å². The Morgan fingerprint density at radius 2 is 2.33 bits per heavy atom. The number of nitrogens with one attached hydrogen (secondary N) is 2. The molecule has 0 aromatic carbocycles. The van der Waals surface area contributed by atoms with Gasteiger partial charge in [0.25, 0.3) is 0 Å². The first kappa shape index (κ1) is 12.9. The SMILES string of the molecule is CCC1C(=O)NC(=O)CN1Cc1nnsc1NC. The van der Waals surface area contributed by atoms with Crippen molar-refractivity contribution in [1.82, 2.24) is 19.8 Å². The molecule has 0 bridgehead atoms. The second-order valence-electron chi connectivity index (χ2n) is 4.04. The number of imide groups is 1. The Labute approximate surface area is 109 Å². The van der Waals surface area contributed by atoms with Crippen molar-refractivity contribution in [2.24, 2.45) is 0 Å². The van der Waals surface area contributed by atoms with E-state index in [1.807, 2.05) is 11.8 Å². The zero-order valence-electron chi connectivity index (χ0n) is 10.3. The fraction of sp³-hybridized carbons (Fsp3) is 0.600. The number of rotatable bonds is 4. The van der Waals surface area contributed by atoms with Crippen molar-refractivity contribution in [2.75, 3.05) is 18.9 Å². The lowest BCUT2D eigenvalue weighted by Gasteiger charge is -2.32. The van der Waals surface area contributed by atoms with E-state index in [0.717, 1.165) is 10.7 Å². The molecule has 2 N–H and O–H groups in total.